The predicted molar refractivity (Wildman–Crippen MR) is 83.9 cm³/mol. The first-order valence-corrected chi connectivity index (χ1v) is 7.43. The van der Waals surface area contributed by atoms with Crippen LogP contribution >= 0.6 is 0 Å². The first-order chi connectivity index (χ1) is 10.2. The Bertz CT molecular complexity index is 626. The summed E-state index contributed by atoms with van der Waals surface area (Å²) in [5, 5.41) is 0. The van der Waals surface area contributed by atoms with E-state index in [1.54, 1.807) is 6.07 Å². The summed E-state index contributed by atoms with van der Waals surface area (Å²) in [6.45, 7) is 8.25. The van der Waals surface area contributed by atoms with Gasteiger partial charge in [-0.3, -0.25) is 0 Å². The number of benzene rings is 2. The number of halogens is 3. The van der Waals surface area contributed by atoms with E-state index in [0.29, 0.717) is 5.56 Å². The van der Waals surface area contributed by atoms with Crippen LogP contribution in [0.5, 0.6) is 0 Å². The fourth-order valence-corrected chi connectivity index (χ4v) is 2.28. The first-order valence-electron chi connectivity index (χ1n) is 7.43. The Hall–Kier alpha value is -1.77. The second-order valence-electron chi connectivity index (χ2n) is 6.17. The van der Waals surface area contributed by atoms with Crippen molar-refractivity contribution in [2.75, 3.05) is 0 Å². The third-order valence-corrected chi connectivity index (χ3v) is 3.68. The first kappa shape index (κ1) is 16.6. The molecule has 1 radical (unpaired) electrons. The van der Waals surface area contributed by atoms with Crippen molar-refractivity contribution in [3.63, 3.8) is 0 Å². The van der Waals surface area contributed by atoms with Crippen LogP contribution < -0.4 is 0 Å². The molecule has 0 fully saturated rings. The van der Waals surface area contributed by atoms with Crippen molar-refractivity contribution < 1.29 is 13.2 Å². The zero-order valence-electron chi connectivity index (χ0n) is 13.3. The van der Waals surface area contributed by atoms with Crippen molar-refractivity contribution in [2.45, 2.75) is 45.7 Å². The minimum Gasteiger partial charge on any atom is -0.166 e. The fraction of sp³-hybridized carbons (Fsp3) is 0.368. The van der Waals surface area contributed by atoms with Gasteiger partial charge in [0, 0.05) is 0 Å². The molecule has 0 unspecified atom stereocenters. The minimum absolute atomic E-state index is 0.281. The third kappa shape index (κ3) is 3.70. The maximum Gasteiger partial charge on any atom is 0.416 e. The summed E-state index contributed by atoms with van der Waals surface area (Å²) in [6, 6.07) is 12.7. The van der Waals surface area contributed by atoms with Crippen LogP contribution in [0.1, 0.15) is 56.2 Å². The maximum atomic E-state index is 12.9. The van der Waals surface area contributed by atoms with E-state index in [1.807, 2.05) is 12.1 Å². The number of rotatable bonds is 3. The molecule has 0 atom stereocenters. The van der Waals surface area contributed by atoms with Gasteiger partial charge in [0.25, 0.3) is 0 Å². The summed E-state index contributed by atoms with van der Waals surface area (Å²) in [4.78, 5) is 0. The molecule has 0 bridgehead atoms. The zero-order chi connectivity index (χ0) is 16.5. The summed E-state index contributed by atoms with van der Waals surface area (Å²) in [6.07, 6.45) is -4.32. The van der Waals surface area contributed by atoms with E-state index in [9.17, 15) is 13.2 Å². The zero-order valence-corrected chi connectivity index (χ0v) is 13.3. The summed E-state index contributed by atoms with van der Waals surface area (Å²) in [5.41, 5.74) is 2.84. The molecule has 0 aliphatic carbocycles. The molecule has 0 nitrogen and oxygen atoms in total. The molecule has 0 aliphatic rings. The normalized spacial score (nSPS) is 12.2. The highest BCUT2D eigenvalue weighted by Gasteiger charge is 2.30. The van der Waals surface area contributed by atoms with Crippen LogP contribution in [-0.2, 0) is 6.18 Å². The van der Waals surface area contributed by atoms with Gasteiger partial charge < -0.3 is 0 Å². The van der Waals surface area contributed by atoms with Crippen molar-refractivity contribution in [2.24, 2.45) is 0 Å². The molecule has 0 aromatic heterocycles. The highest BCUT2D eigenvalue weighted by Crippen LogP contribution is 2.34. The monoisotopic (exact) mass is 305 g/mol. The van der Waals surface area contributed by atoms with Crippen molar-refractivity contribution in [3.8, 4) is 11.1 Å². The molecular formula is C19H20F3. The van der Waals surface area contributed by atoms with Gasteiger partial charge in [0.05, 0.1) is 5.56 Å². The Morgan fingerprint density at radius 2 is 1.36 bits per heavy atom. The molecule has 2 aromatic carbocycles. The van der Waals surface area contributed by atoms with Gasteiger partial charge in [0.2, 0.25) is 0 Å². The van der Waals surface area contributed by atoms with Crippen molar-refractivity contribution in [3.05, 3.63) is 59.2 Å². The van der Waals surface area contributed by atoms with E-state index in [0.717, 1.165) is 22.8 Å². The van der Waals surface area contributed by atoms with Crippen molar-refractivity contribution in [1.82, 2.24) is 0 Å². The van der Waals surface area contributed by atoms with E-state index >= 15 is 0 Å². The Morgan fingerprint density at radius 1 is 0.818 bits per heavy atom. The Kier molecular flexibility index (Phi) is 4.64. The van der Waals surface area contributed by atoms with Crippen LogP contribution in [0.25, 0.3) is 11.1 Å². The lowest BCUT2D eigenvalue weighted by molar-refractivity contribution is -0.137. The Balaban J connectivity index is 2.57. The van der Waals surface area contributed by atoms with E-state index in [2.05, 4.69) is 33.8 Å². The summed E-state index contributed by atoms with van der Waals surface area (Å²) in [5.74, 6) is 0.562. The molecule has 2 rings (SSSR count). The van der Waals surface area contributed by atoms with E-state index in [4.69, 9.17) is 0 Å². The Morgan fingerprint density at radius 3 is 1.82 bits per heavy atom. The molecule has 0 saturated carbocycles. The van der Waals surface area contributed by atoms with Gasteiger partial charge in [0.15, 0.2) is 0 Å². The van der Waals surface area contributed by atoms with E-state index < -0.39 is 11.7 Å². The molecule has 22 heavy (non-hydrogen) atoms. The molecular weight excluding hydrogens is 285 g/mol. The lowest BCUT2D eigenvalue weighted by Crippen LogP contribution is -2.04. The van der Waals surface area contributed by atoms with Crippen LogP contribution in [0.3, 0.4) is 0 Å². The van der Waals surface area contributed by atoms with E-state index in [1.165, 1.54) is 12.1 Å². The van der Waals surface area contributed by atoms with Gasteiger partial charge in [-0.05, 0) is 52.3 Å². The largest absolute Gasteiger partial charge is 0.416 e. The standard InChI is InChI=1S/C19H20F3/c1-12(2)15-8-16(13(3)4)10-17(9-15)14-6-5-7-18(11-14)19(20,21)22/h5-7,9-13H,1-4H3. The van der Waals surface area contributed by atoms with Crippen LogP contribution in [0.2, 0.25) is 0 Å². The second kappa shape index (κ2) is 6.15. The van der Waals surface area contributed by atoms with Gasteiger partial charge in [-0.25, -0.2) is 0 Å². The molecule has 0 spiro atoms. The molecule has 2 aromatic rings. The molecule has 0 heterocycles. The molecule has 0 aliphatic heterocycles. The van der Waals surface area contributed by atoms with Crippen LogP contribution in [-0.4, -0.2) is 0 Å². The van der Waals surface area contributed by atoms with Crippen molar-refractivity contribution >= 4 is 0 Å². The molecule has 0 amide bonds. The number of alkyl halides is 3. The second-order valence-corrected chi connectivity index (χ2v) is 6.17. The van der Waals surface area contributed by atoms with Gasteiger partial charge in [0.1, 0.15) is 0 Å². The topological polar surface area (TPSA) is 0 Å². The highest BCUT2D eigenvalue weighted by atomic mass is 19.4. The highest BCUT2D eigenvalue weighted by molar-refractivity contribution is 5.66. The van der Waals surface area contributed by atoms with Gasteiger partial charge in [-0.2, -0.15) is 13.2 Å². The SMILES string of the molecule is CC(C)c1[c]c(C(C)C)cc(-c2cccc(C(F)(F)F)c2)c1. The molecule has 0 N–H and O–H groups in total. The molecule has 0 saturated heterocycles. The van der Waals surface area contributed by atoms with E-state index in [-0.39, 0.29) is 11.8 Å². The average molecular weight is 305 g/mol. The smallest absolute Gasteiger partial charge is 0.166 e. The van der Waals surface area contributed by atoms with Crippen LogP contribution in [0.15, 0.2) is 36.4 Å². The average Bonchev–Trinajstić information content (AvgIpc) is 2.46. The number of hydrogen-bond acceptors (Lipinski definition) is 0. The lowest BCUT2D eigenvalue weighted by Gasteiger charge is -2.15. The predicted octanol–water partition coefficient (Wildman–Crippen LogP) is 6.42. The third-order valence-electron chi connectivity index (χ3n) is 3.68. The van der Waals surface area contributed by atoms with Crippen molar-refractivity contribution in [1.29, 1.82) is 0 Å². The molecule has 3 heteroatoms. The summed E-state index contributed by atoms with van der Waals surface area (Å²) >= 11 is 0. The quantitative estimate of drug-likeness (QED) is 0.614. The minimum atomic E-state index is -4.32. The van der Waals surface area contributed by atoms with Gasteiger partial charge in [-0.1, -0.05) is 52.0 Å². The summed E-state index contributed by atoms with van der Waals surface area (Å²) < 4.78 is 38.7. The van der Waals surface area contributed by atoms with Gasteiger partial charge in [-0.15, -0.1) is 0 Å². The lowest BCUT2D eigenvalue weighted by atomic mass is 9.90. The van der Waals surface area contributed by atoms with Gasteiger partial charge >= 0.3 is 6.18 Å². The van der Waals surface area contributed by atoms with Crippen LogP contribution in [0.4, 0.5) is 13.2 Å². The van der Waals surface area contributed by atoms with Crippen LogP contribution in [0, 0.1) is 6.07 Å². The number of hydrogen-bond donors (Lipinski definition) is 0. The summed E-state index contributed by atoms with van der Waals surface area (Å²) in [7, 11) is 0. The molecule has 117 valence electrons. The Labute approximate surface area is 130 Å². The maximum absolute atomic E-state index is 12.9. The fourth-order valence-electron chi connectivity index (χ4n) is 2.28.